The summed E-state index contributed by atoms with van der Waals surface area (Å²) >= 11 is 6.10. The molecule has 1 spiro atoms. The van der Waals surface area contributed by atoms with E-state index in [4.69, 9.17) is 21.6 Å². The van der Waals surface area contributed by atoms with Crippen molar-refractivity contribution in [1.82, 2.24) is 15.5 Å². The van der Waals surface area contributed by atoms with Crippen molar-refractivity contribution in [3.05, 3.63) is 46.6 Å². The van der Waals surface area contributed by atoms with Gasteiger partial charge in [-0.1, -0.05) is 31.4 Å². The molecular weight excluding hydrogens is 462 g/mol. The molecule has 3 fully saturated rings. The zero-order chi connectivity index (χ0) is 24.4. The molecule has 2 aliphatic carbocycles. The predicted octanol–water partition coefficient (Wildman–Crippen LogP) is 5.14. The monoisotopic (exact) mass is 493 g/mol. The van der Waals surface area contributed by atoms with Gasteiger partial charge in [-0.25, -0.2) is 0 Å². The number of nitrogens with zero attached hydrogens (tertiary/aromatic N) is 4. The highest BCUT2D eigenvalue weighted by Crippen LogP contribution is 2.46. The zero-order valence-corrected chi connectivity index (χ0v) is 20.9. The van der Waals surface area contributed by atoms with Crippen LogP contribution in [0.2, 0.25) is 5.02 Å². The second kappa shape index (κ2) is 10.0. The molecule has 1 aliphatic heterocycles. The van der Waals surface area contributed by atoms with Gasteiger partial charge in [-0.05, 0) is 68.7 Å². The van der Waals surface area contributed by atoms with E-state index in [-0.39, 0.29) is 18.1 Å². The SMILES string of the molecule is CC1CCC2(CC1)CN(c1ccc(C(=O)NC3CCC(Oc4ccc(C#N)c(Cl)c4)CC3)nn1)C2. The summed E-state index contributed by atoms with van der Waals surface area (Å²) in [6, 6.07) is 11.0. The van der Waals surface area contributed by atoms with Crippen LogP contribution in [0.4, 0.5) is 5.82 Å². The van der Waals surface area contributed by atoms with Crippen LogP contribution in [0, 0.1) is 22.7 Å². The second-order valence-corrected chi connectivity index (χ2v) is 11.0. The molecule has 3 aliphatic rings. The van der Waals surface area contributed by atoms with Gasteiger partial charge in [-0.15, -0.1) is 10.2 Å². The molecule has 1 N–H and O–H groups in total. The Hall–Kier alpha value is -2.85. The summed E-state index contributed by atoms with van der Waals surface area (Å²) in [7, 11) is 0. The summed E-state index contributed by atoms with van der Waals surface area (Å²) in [5.74, 6) is 2.22. The molecule has 0 bridgehead atoms. The number of amides is 1. The van der Waals surface area contributed by atoms with Gasteiger partial charge in [0.2, 0.25) is 0 Å². The van der Waals surface area contributed by atoms with Crippen molar-refractivity contribution in [2.45, 2.75) is 70.4 Å². The fraction of sp³-hybridized carbons (Fsp3) is 0.556. The smallest absolute Gasteiger partial charge is 0.272 e. The number of nitrogens with one attached hydrogen (secondary N) is 1. The Labute approximate surface area is 211 Å². The van der Waals surface area contributed by atoms with Gasteiger partial charge in [0.05, 0.1) is 16.7 Å². The Morgan fingerprint density at radius 1 is 1.11 bits per heavy atom. The Morgan fingerprint density at radius 3 is 2.49 bits per heavy atom. The molecule has 8 heteroatoms. The molecule has 1 aromatic carbocycles. The number of carbonyl (C=O) groups excluding carboxylic acids is 1. The Kier molecular flexibility index (Phi) is 6.84. The fourth-order valence-electron chi connectivity index (χ4n) is 5.67. The van der Waals surface area contributed by atoms with E-state index in [0.29, 0.717) is 27.4 Å². The number of carbonyl (C=O) groups is 1. The molecule has 184 valence electrons. The predicted molar refractivity (Wildman–Crippen MR) is 135 cm³/mol. The van der Waals surface area contributed by atoms with Gasteiger partial charge in [-0.3, -0.25) is 4.79 Å². The fourth-order valence-corrected chi connectivity index (χ4v) is 5.88. The average Bonchev–Trinajstić information content (AvgIpc) is 2.85. The van der Waals surface area contributed by atoms with Gasteiger partial charge in [0.25, 0.3) is 5.91 Å². The average molecular weight is 494 g/mol. The van der Waals surface area contributed by atoms with Crippen molar-refractivity contribution in [1.29, 1.82) is 5.26 Å². The first kappa shape index (κ1) is 23.9. The van der Waals surface area contributed by atoms with E-state index in [1.54, 1.807) is 24.3 Å². The summed E-state index contributed by atoms with van der Waals surface area (Å²) in [5.41, 5.74) is 1.27. The quantitative estimate of drug-likeness (QED) is 0.620. The van der Waals surface area contributed by atoms with Crippen molar-refractivity contribution in [2.75, 3.05) is 18.0 Å². The highest BCUT2D eigenvalue weighted by atomic mass is 35.5. The lowest BCUT2D eigenvalue weighted by Crippen LogP contribution is -2.58. The van der Waals surface area contributed by atoms with Crippen LogP contribution in [0.3, 0.4) is 0 Å². The van der Waals surface area contributed by atoms with E-state index in [1.807, 2.05) is 6.07 Å². The molecular formula is C27H32ClN5O2. The maximum atomic E-state index is 12.7. The summed E-state index contributed by atoms with van der Waals surface area (Å²) in [5, 5.41) is 21.1. The normalized spacial score (nSPS) is 23.9. The zero-order valence-electron chi connectivity index (χ0n) is 20.2. The summed E-state index contributed by atoms with van der Waals surface area (Å²) < 4.78 is 6.04. The molecule has 0 unspecified atom stereocenters. The number of aromatic nitrogens is 2. The van der Waals surface area contributed by atoms with E-state index in [9.17, 15) is 4.79 Å². The molecule has 1 amide bonds. The third kappa shape index (κ3) is 5.38. The number of rotatable bonds is 5. The lowest BCUT2D eigenvalue weighted by molar-refractivity contribution is 0.0887. The van der Waals surface area contributed by atoms with Crippen LogP contribution in [0.5, 0.6) is 5.75 Å². The molecule has 2 aromatic rings. The molecule has 0 atom stereocenters. The lowest BCUT2D eigenvalue weighted by atomic mass is 9.66. The summed E-state index contributed by atoms with van der Waals surface area (Å²) in [4.78, 5) is 15.0. The number of benzene rings is 1. The minimum absolute atomic E-state index is 0.0680. The van der Waals surface area contributed by atoms with Crippen LogP contribution in [0.25, 0.3) is 0 Å². The highest BCUT2D eigenvalue weighted by Gasteiger charge is 2.45. The van der Waals surface area contributed by atoms with Gasteiger partial charge in [0.1, 0.15) is 11.8 Å². The van der Waals surface area contributed by atoms with Crippen molar-refractivity contribution < 1.29 is 9.53 Å². The standard InChI is InChI=1S/C27H32ClN5O2/c1-18-10-12-27(13-11-18)16-33(17-27)25-9-8-24(31-32-25)26(34)30-20-3-6-21(7-4-20)35-22-5-2-19(15-29)23(28)14-22/h2,5,8-9,14,18,20-21H,3-4,6-7,10-13,16-17H2,1H3,(H,30,34). The molecule has 7 nitrogen and oxygen atoms in total. The summed E-state index contributed by atoms with van der Waals surface area (Å²) in [6.07, 6.45) is 8.69. The van der Waals surface area contributed by atoms with Crippen molar-refractivity contribution in [3.8, 4) is 11.8 Å². The van der Waals surface area contributed by atoms with E-state index in [2.05, 4.69) is 33.4 Å². The Morgan fingerprint density at radius 2 is 1.86 bits per heavy atom. The van der Waals surface area contributed by atoms with Gasteiger partial charge in [0.15, 0.2) is 11.5 Å². The maximum absolute atomic E-state index is 12.7. The van der Waals surface area contributed by atoms with Gasteiger partial charge < -0.3 is 15.0 Å². The van der Waals surface area contributed by atoms with Crippen molar-refractivity contribution in [2.24, 2.45) is 11.3 Å². The largest absolute Gasteiger partial charge is 0.490 e. The third-order valence-corrected chi connectivity index (χ3v) is 8.28. The Bertz CT molecular complexity index is 1090. The van der Waals surface area contributed by atoms with E-state index in [0.717, 1.165) is 50.5 Å². The number of hydrogen-bond donors (Lipinski definition) is 1. The molecule has 2 heterocycles. The number of hydrogen-bond acceptors (Lipinski definition) is 6. The van der Waals surface area contributed by atoms with Gasteiger partial charge >= 0.3 is 0 Å². The Balaban J connectivity index is 1.07. The molecule has 1 aromatic heterocycles. The molecule has 5 rings (SSSR count). The second-order valence-electron chi connectivity index (χ2n) is 10.6. The minimum atomic E-state index is -0.173. The van der Waals surface area contributed by atoms with Crippen LogP contribution >= 0.6 is 11.6 Å². The van der Waals surface area contributed by atoms with Crippen LogP contribution in [-0.2, 0) is 0 Å². The summed E-state index contributed by atoms with van der Waals surface area (Å²) in [6.45, 7) is 4.46. The molecule has 0 radical (unpaired) electrons. The highest BCUT2D eigenvalue weighted by molar-refractivity contribution is 6.31. The van der Waals surface area contributed by atoms with Crippen LogP contribution in [0.15, 0.2) is 30.3 Å². The van der Waals surface area contributed by atoms with E-state index in [1.165, 1.54) is 25.7 Å². The van der Waals surface area contributed by atoms with E-state index >= 15 is 0 Å². The van der Waals surface area contributed by atoms with Crippen LogP contribution < -0.4 is 15.0 Å². The van der Waals surface area contributed by atoms with Crippen LogP contribution in [-0.4, -0.2) is 41.3 Å². The molecule has 2 saturated carbocycles. The first-order valence-electron chi connectivity index (χ1n) is 12.7. The molecule has 1 saturated heterocycles. The lowest BCUT2D eigenvalue weighted by Gasteiger charge is -2.53. The number of anilines is 1. The van der Waals surface area contributed by atoms with Gasteiger partial charge in [-0.2, -0.15) is 5.26 Å². The van der Waals surface area contributed by atoms with E-state index < -0.39 is 0 Å². The molecule has 35 heavy (non-hydrogen) atoms. The number of nitriles is 1. The first-order chi connectivity index (χ1) is 16.9. The third-order valence-electron chi connectivity index (χ3n) is 7.97. The maximum Gasteiger partial charge on any atom is 0.272 e. The van der Waals surface area contributed by atoms with Crippen molar-refractivity contribution >= 4 is 23.3 Å². The first-order valence-corrected chi connectivity index (χ1v) is 13.1. The minimum Gasteiger partial charge on any atom is -0.490 e. The number of ether oxygens (including phenoxy) is 1. The van der Waals surface area contributed by atoms with Crippen molar-refractivity contribution in [3.63, 3.8) is 0 Å². The van der Waals surface area contributed by atoms with Gasteiger partial charge in [0, 0.05) is 30.6 Å². The number of halogens is 1. The topological polar surface area (TPSA) is 91.1 Å². The van der Waals surface area contributed by atoms with Crippen LogP contribution in [0.1, 0.15) is 74.3 Å².